The SMILES string of the molecule is CC(C)Nc1ncc(-c2cc(N)cc(C(F)(F)F)c2)n(CC(=O)NCc2ccc(C(=N)N)c(O)c2)c1=O.FC(F)F.O=C(O)C(F)(F)F.O=CO. The van der Waals surface area contributed by atoms with Gasteiger partial charge in [-0.2, -0.15) is 39.5 Å². The van der Waals surface area contributed by atoms with Gasteiger partial charge in [0.25, 0.3) is 12.0 Å². The van der Waals surface area contributed by atoms with Gasteiger partial charge in [-0.3, -0.25) is 24.4 Å². The van der Waals surface area contributed by atoms with Gasteiger partial charge in [-0.15, -0.1) is 0 Å². The molecule has 3 rings (SSSR count). The summed E-state index contributed by atoms with van der Waals surface area (Å²) in [5.74, 6) is -4.01. The molecule has 0 saturated carbocycles. The number of alkyl halides is 9. The molecule has 0 aliphatic heterocycles. The van der Waals surface area contributed by atoms with Crippen LogP contribution in [0, 0.1) is 5.41 Å². The second-order valence-electron chi connectivity index (χ2n) is 9.72. The first-order valence-corrected chi connectivity index (χ1v) is 13.4. The van der Waals surface area contributed by atoms with E-state index in [0.717, 1.165) is 16.7 Å². The molecule has 51 heavy (non-hydrogen) atoms. The van der Waals surface area contributed by atoms with Crippen LogP contribution in [0.1, 0.15) is 30.5 Å². The number of phenolic OH excluding ortho intramolecular Hbond substituents is 1. The Hall–Kier alpha value is -6.03. The van der Waals surface area contributed by atoms with E-state index in [9.17, 15) is 54.2 Å². The van der Waals surface area contributed by atoms with Crippen molar-refractivity contribution < 1.29 is 69.2 Å². The number of aromatic nitrogens is 2. The third-order valence-electron chi connectivity index (χ3n) is 5.44. The second-order valence-corrected chi connectivity index (χ2v) is 9.72. The van der Waals surface area contributed by atoms with Crippen LogP contribution < -0.4 is 27.7 Å². The number of carbonyl (C=O) groups excluding carboxylic acids is 1. The Bertz CT molecular complexity index is 1710. The summed E-state index contributed by atoms with van der Waals surface area (Å²) in [5, 5.41) is 36.9. The van der Waals surface area contributed by atoms with Gasteiger partial charge in [-0.05, 0) is 49.7 Å². The number of aromatic hydroxyl groups is 1. The highest BCUT2D eigenvalue weighted by Gasteiger charge is 2.38. The van der Waals surface area contributed by atoms with Gasteiger partial charge in [-0.1, -0.05) is 6.07 Å². The van der Waals surface area contributed by atoms with Crippen LogP contribution in [0.15, 0.2) is 47.4 Å². The Kier molecular flexibility index (Phi) is 17.5. The number of aliphatic carboxylic acids is 1. The molecular weight excluding hydrogens is 717 g/mol. The van der Waals surface area contributed by atoms with Crippen LogP contribution >= 0.6 is 0 Å². The number of amides is 1. The minimum atomic E-state index is -5.08. The minimum absolute atomic E-state index is 0.0317. The molecule has 23 heteroatoms. The number of carboxylic acid groups (broad SMARTS) is 2. The van der Waals surface area contributed by atoms with E-state index >= 15 is 0 Å². The highest BCUT2D eigenvalue weighted by molar-refractivity contribution is 5.97. The summed E-state index contributed by atoms with van der Waals surface area (Å²) < 4.78 is 102. The average molecular weight is 748 g/mol. The number of carboxylic acids is 1. The number of rotatable bonds is 8. The topological polar surface area (TPSA) is 247 Å². The first-order valence-electron chi connectivity index (χ1n) is 13.4. The van der Waals surface area contributed by atoms with Gasteiger partial charge in [-0.25, -0.2) is 9.78 Å². The van der Waals surface area contributed by atoms with Crippen molar-refractivity contribution in [3.8, 4) is 17.0 Å². The summed E-state index contributed by atoms with van der Waals surface area (Å²) in [5.41, 5.74) is 9.73. The van der Waals surface area contributed by atoms with Crippen molar-refractivity contribution in [3.63, 3.8) is 0 Å². The number of nitrogen functional groups attached to an aromatic ring is 2. The highest BCUT2D eigenvalue weighted by atomic mass is 19.4. The summed E-state index contributed by atoms with van der Waals surface area (Å²) in [6.45, 7) is -0.941. The largest absolute Gasteiger partial charge is 0.507 e. The highest BCUT2D eigenvalue weighted by Crippen LogP contribution is 2.34. The van der Waals surface area contributed by atoms with E-state index in [-0.39, 0.29) is 59.0 Å². The molecule has 0 fully saturated rings. The molecule has 0 spiro atoms. The van der Waals surface area contributed by atoms with Crippen molar-refractivity contribution in [1.82, 2.24) is 14.9 Å². The number of phenols is 1. The molecule has 1 heterocycles. The molecule has 0 atom stereocenters. The van der Waals surface area contributed by atoms with E-state index in [2.05, 4.69) is 15.6 Å². The predicted octanol–water partition coefficient (Wildman–Crippen LogP) is 4.15. The molecule has 10 N–H and O–H groups in total. The number of nitrogens with zero attached hydrogens (tertiary/aromatic N) is 2. The number of anilines is 2. The number of nitrogens with one attached hydrogen (secondary N) is 3. The third-order valence-corrected chi connectivity index (χ3v) is 5.44. The average Bonchev–Trinajstić information content (AvgIpc) is 2.97. The van der Waals surface area contributed by atoms with Gasteiger partial charge in [0.1, 0.15) is 18.1 Å². The summed E-state index contributed by atoms with van der Waals surface area (Å²) in [4.78, 5) is 47.2. The quantitative estimate of drug-likeness (QED) is 0.0535. The Morgan fingerprint density at radius 2 is 1.59 bits per heavy atom. The maximum atomic E-state index is 13.4. The summed E-state index contributed by atoms with van der Waals surface area (Å²) in [6.07, 6.45) is -8.56. The standard InChI is InChI=1S/C24H26F3N7O3.C2HF3O2.CHF3.CH2O2/c1-12(2)33-22-23(37)34(11-20(36)31-9-13-3-4-17(21(29)30)19(35)5-13)18(10-32-22)14-6-15(24(25,26)27)8-16(28)7-14;3-2(4,5)1(6)7;2-1(3)4;2-1-3/h3-8,10,12,35H,9,11,28H2,1-2H3,(H3,29,30)(H,31,36)(H,32,33);(H,6,7);1H;1H,(H,2,3). The Balaban J connectivity index is 0.00000151. The van der Waals surface area contributed by atoms with E-state index in [1.165, 1.54) is 24.4 Å². The van der Waals surface area contributed by atoms with E-state index in [1.807, 2.05) is 0 Å². The fourth-order valence-corrected chi connectivity index (χ4v) is 3.53. The van der Waals surface area contributed by atoms with Crippen LogP contribution in [0.5, 0.6) is 5.75 Å². The molecule has 0 aliphatic rings. The maximum Gasteiger partial charge on any atom is 0.490 e. The molecule has 0 saturated heterocycles. The van der Waals surface area contributed by atoms with E-state index < -0.39 is 48.6 Å². The molecule has 282 valence electrons. The number of amidine groups is 1. The van der Waals surface area contributed by atoms with Crippen molar-refractivity contribution in [2.45, 2.75) is 52.0 Å². The van der Waals surface area contributed by atoms with Gasteiger partial charge in [0.15, 0.2) is 5.82 Å². The van der Waals surface area contributed by atoms with Gasteiger partial charge in [0, 0.05) is 23.8 Å². The van der Waals surface area contributed by atoms with Crippen molar-refractivity contribution >= 4 is 35.7 Å². The molecule has 14 nitrogen and oxygen atoms in total. The van der Waals surface area contributed by atoms with Crippen LogP contribution in [0.3, 0.4) is 0 Å². The monoisotopic (exact) mass is 747 g/mol. The van der Waals surface area contributed by atoms with Crippen molar-refractivity contribution in [3.05, 3.63) is 69.6 Å². The van der Waals surface area contributed by atoms with Gasteiger partial charge >= 0.3 is 25.0 Å². The van der Waals surface area contributed by atoms with Crippen molar-refractivity contribution in [2.75, 3.05) is 11.1 Å². The number of hydrogen-bond acceptors (Lipinski definition) is 9. The lowest BCUT2D eigenvalue weighted by Crippen LogP contribution is -2.35. The van der Waals surface area contributed by atoms with Crippen molar-refractivity contribution in [1.29, 1.82) is 5.41 Å². The fraction of sp³-hybridized carbons (Fsp3) is 0.286. The molecule has 2 aromatic carbocycles. The van der Waals surface area contributed by atoms with Gasteiger partial charge in [0.2, 0.25) is 5.91 Å². The van der Waals surface area contributed by atoms with Crippen LogP contribution in [0.25, 0.3) is 11.3 Å². The van der Waals surface area contributed by atoms with Gasteiger partial charge in [0.05, 0.1) is 23.0 Å². The second kappa shape index (κ2) is 19.8. The summed E-state index contributed by atoms with van der Waals surface area (Å²) in [7, 11) is 0. The Morgan fingerprint density at radius 3 is 2.02 bits per heavy atom. The Morgan fingerprint density at radius 1 is 1.06 bits per heavy atom. The number of hydrogen-bond donors (Lipinski definition) is 8. The molecule has 0 aliphatic carbocycles. The van der Waals surface area contributed by atoms with Crippen LogP contribution in [-0.2, 0) is 33.6 Å². The number of halogens is 9. The third kappa shape index (κ3) is 16.3. The normalized spacial score (nSPS) is 10.8. The van der Waals surface area contributed by atoms with E-state index in [1.54, 1.807) is 19.9 Å². The van der Waals surface area contributed by atoms with E-state index in [4.69, 9.17) is 36.7 Å². The maximum absolute atomic E-state index is 13.4. The smallest absolute Gasteiger partial charge is 0.490 e. The summed E-state index contributed by atoms with van der Waals surface area (Å²) >= 11 is 0. The van der Waals surface area contributed by atoms with Crippen molar-refractivity contribution in [2.24, 2.45) is 5.73 Å². The first kappa shape index (κ1) is 45.0. The molecule has 0 unspecified atom stereocenters. The zero-order chi connectivity index (χ0) is 39.9. The van der Waals surface area contributed by atoms with Crippen LogP contribution in [0.4, 0.5) is 51.0 Å². The Labute approximate surface area is 281 Å². The molecule has 1 aromatic heterocycles. The van der Waals surface area contributed by atoms with Gasteiger partial charge < -0.3 is 37.4 Å². The van der Waals surface area contributed by atoms with Crippen LogP contribution in [-0.4, -0.2) is 68.0 Å². The molecule has 0 bridgehead atoms. The molecule has 0 radical (unpaired) electrons. The summed E-state index contributed by atoms with van der Waals surface area (Å²) in [6, 6.07) is 6.99. The molecule has 3 aromatic rings. The van der Waals surface area contributed by atoms with Crippen LogP contribution in [0.2, 0.25) is 0 Å². The number of nitrogens with two attached hydrogens (primary N) is 2. The predicted molar refractivity (Wildman–Crippen MR) is 163 cm³/mol. The lowest BCUT2D eigenvalue weighted by molar-refractivity contribution is -0.192. The van der Waals surface area contributed by atoms with E-state index in [0.29, 0.717) is 5.56 Å². The fourth-order valence-electron chi connectivity index (χ4n) is 3.53. The number of benzene rings is 2. The number of carbonyl (C=O) groups is 3. The lowest BCUT2D eigenvalue weighted by atomic mass is 10.1. The lowest BCUT2D eigenvalue weighted by Gasteiger charge is -2.17. The minimum Gasteiger partial charge on any atom is -0.507 e. The first-order chi connectivity index (χ1) is 23.3. The zero-order valence-electron chi connectivity index (χ0n) is 26.1. The molecular formula is C28H30F9N7O7. The molecule has 1 amide bonds. The zero-order valence-corrected chi connectivity index (χ0v) is 26.1.